The molecule has 0 amide bonds. The molecule has 4 rings (SSSR count). The van der Waals surface area contributed by atoms with E-state index in [9.17, 15) is 0 Å². The molecule has 0 aliphatic rings. The van der Waals surface area contributed by atoms with Crippen LogP contribution in [0, 0.1) is 0 Å². The molecular weight excluding hydrogens is 429 g/mol. The highest BCUT2D eigenvalue weighted by Crippen LogP contribution is 2.34. The van der Waals surface area contributed by atoms with Crippen LogP contribution >= 0.6 is 35.0 Å². The Morgan fingerprint density at radius 3 is 2.59 bits per heavy atom. The van der Waals surface area contributed by atoms with Crippen molar-refractivity contribution in [3.8, 4) is 22.9 Å². The molecule has 8 heteroatoms. The number of thioether (sulfide) groups is 1. The molecule has 0 radical (unpaired) electrons. The van der Waals surface area contributed by atoms with E-state index < -0.39 is 0 Å². The highest BCUT2D eigenvalue weighted by atomic mass is 35.5. The summed E-state index contributed by atoms with van der Waals surface area (Å²) in [6.07, 6.45) is 0. The van der Waals surface area contributed by atoms with E-state index in [4.69, 9.17) is 37.8 Å². The molecule has 0 saturated heterocycles. The van der Waals surface area contributed by atoms with Crippen molar-refractivity contribution in [2.45, 2.75) is 10.8 Å². The Labute approximate surface area is 182 Å². The summed E-state index contributed by atoms with van der Waals surface area (Å²) in [5, 5.41) is 6.51. The zero-order valence-corrected chi connectivity index (χ0v) is 18.1. The minimum atomic E-state index is 0.464. The average molecular weight is 446 g/mol. The highest BCUT2D eigenvalue weighted by molar-refractivity contribution is 7.98. The van der Waals surface area contributed by atoms with Crippen LogP contribution in [0.3, 0.4) is 0 Å². The van der Waals surface area contributed by atoms with Gasteiger partial charge in [0.25, 0.3) is 0 Å². The molecule has 2 heterocycles. The van der Waals surface area contributed by atoms with Gasteiger partial charge < -0.3 is 9.47 Å². The topological polar surface area (TPSA) is 48.7 Å². The SMILES string of the molecule is COc1cccc(CSc2ccc3nc(-c4ccc(Cl)c(Cl)c4)c(OC)n3n2)c1. The molecule has 0 fully saturated rings. The number of benzene rings is 2. The monoisotopic (exact) mass is 445 g/mol. The van der Waals surface area contributed by atoms with Crippen LogP contribution in [-0.4, -0.2) is 28.8 Å². The van der Waals surface area contributed by atoms with Crippen molar-refractivity contribution in [2.75, 3.05) is 14.2 Å². The molecule has 0 aliphatic heterocycles. The number of nitrogens with zero attached hydrogens (tertiary/aromatic N) is 3. The zero-order chi connectivity index (χ0) is 20.4. The Morgan fingerprint density at radius 2 is 1.83 bits per heavy atom. The van der Waals surface area contributed by atoms with Gasteiger partial charge in [-0.3, -0.25) is 0 Å². The standard InChI is InChI=1S/C21H17Cl2N3O2S/c1-27-15-5-3-4-13(10-15)12-29-19-9-8-18-24-20(21(28-2)26(18)25-19)14-6-7-16(22)17(23)11-14/h3-11H,12H2,1-2H3. The van der Waals surface area contributed by atoms with Crippen molar-refractivity contribution in [1.82, 2.24) is 14.6 Å². The maximum Gasteiger partial charge on any atom is 0.243 e. The van der Waals surface area contributed by atoms with E-state index in [2.05, 4.69) is 11.1 Å². The van der Waals surface area contributed by atoms with Crippen LogP contribution < -0.4 is 9.47 Å². The number of rotatable bonds is 6. The number of hydrogen-bond acceptors (Lipinski definition) is 5. The fraction of sp³-hybridized carbons (Fsp3) is 0.143. The lowest BCUT2D eigenvalue weighted by molar-refractivity contribution is 0.387. The van der Waals surface area contributed by atoms with Gasteiger partial charge in [0.05, 0.1) is 24.3 Å². The molecule has 0 spiro atoms. The normalized spacial score (nSPS) is 11.0. The minimum absolute atomic E-state index is 0.464. The van der Waals surface area contributed by atoms with Gasteiger partial charge >= 0.3 is 0 Å². The maximum atomic E-state index is 6.17. The van der Waals surface area contributed by atoms with Crippen LogP contribution in [0.15, 0.2) is 59.6 Å². The molecule has 0 atom stereocenters. The molecule has 0 unspecified atom stereocenters. The van der Waals surface area contributed by atoms with Gasteiger partial charge in [0, 0.05) is 11.3 Å². The van der Waals surface area contributed by atoms with Crippen molar-refractivity contribution in [3.05, 3.63) is 70.2 Å². The van der Waals surface area contributed by atoms with Crippen LogP contribution in [0.2, 0.25) is 10.0 Å². The quantitative estimate of drug-likeness (QED) is 0.340. The third-order valence-corrected chi connectivity index (χ3v) is 6.05. The molecule has 0 bridgehead atoms. The average Bonchev–Trinajstić information content (AvgIpc) is 3.12. The second kappa shape index (κ2) is 8.53. The number of imidazole rings is 1. The maximum absolute atomic E-state index is 6.17. The van der Waals surface area contributed by atoms with Crippen LogP contribution in [0.25, 0.3) is 16.9 Å². The van der Waals surface area contributed by atoms with Gasteiger partial charge in [0.15, 0.2) is 5.65 Å². The van der Waals surface area contributed by atoms with Crippen molar-refractivity contribution in [3.63, 3.8) is 0 Å². The summed E-state index contributed by atoms with van der Waals surface area (Å²) in [7, 11) is 3.26. The van der Waals surface area contributed by atoms with Gasteiger partial charge in [-0.25, -0.2) is 4.98 Å². The predicted molar refractivity (Wildman–Crippen MR) is 118 cm³/mol. The first-order valence-electron chi connectivity index (χ1n) is 8.74. The molecule has 0 aliphatic carbocycles. The van der Waals surface area contributed by atoms with Gasteiger partial charge in [-0.05, 0) is 42.0 Å². The molecule has 2 aromatic carbocycles. The molecule has 4 aromatic rings. The second-order valence-corrected chi connectivity index (χ2v) is 7.99. The molecule has 0 saturated carbocycles. The first kappa shape index (κ1) is 19.9. The van der Waals surface area contributed by atoms with Crippen molar-refractivity contribution in [2.24, 2.45) is 0 Å². The largest absolute Gasteiger partial charge is 0.497 e. The minimum Gasteiger partial charge on any atom is -0.497 e. The van der Waals surface area contributed by atoms with E-state index in [1.165, 1.54) is 0 Å². The number of fused-ring (bicyclic) bond motifs is 1. The molecular formula is C21H17Cl2N3O2S. The molecule has 5 nitrogen and oxygen atoms in total. The Bertz CT molecular complexity index is 1180. The van der Waals surface area contributed by atoms with E-state index >= 15 is 0 Å². The lowest BCUT2D eigenvalue weighted by Crippen LogP contribution is -1.97. The van der Waals surface area contributed by atoms with Crippen LogP contribution in [-0.2, 0) is 5.75 Å². The van der Waals surface area contributed by atoms with E-state index in [1.807, 2.05) is 36.4 Å². The summed E-state index contributed by atoms with van der Waals surface area (Å²) in [6.45, 7) is 0. The first-order chi connectivity index (χ1) is 14.1. The van der Waals surface area contributed by atoms with Gasteiger partial charge in [-0.2, -0.15) is 9.61 Å². The third kappa shape index (κ3) is 4.15. The zero-order valence-electron chi connectivity index (χ0n) is 15.7. The van der Waals surface area contributed by atoms with Gasteiger partial charge in [-0.15, -0.1) is 0 Å². The molecule has 29 heavy (non-hydrogen) atoms. The van der Waals surface area contributed by atoms with Crippen LogP contribution in [0.5, 0.6) is 11.6 Å². The van der Waals surface area contributed by atoms with Crippen molar-refractivity contribution < 1.29 is 9.47 Å². The Morgan fingerprint density at radius 1 is 0.966 bits per heavy atom. The van der Waals surface area contributed by atoms with Crippen molar-refractivity contribution in [1.29, 1.82) is 0 Å². The summed E-state index contributed by atoms with van der Waals surface area (Å²) in [6, 6.07) is 17.2. The number of ether oxygens (including phenoxy) is 2. The number of halogens is 2. The summed E-state index contributed by atoms with van der Waals surface area (Å²) in [5.74, 6) is 2.16. The Hall–Kier alpha value is -2.41. The van der Waals surface area contributed by atoms with Crippen LogP contribution in [0.4, 0.5) is 0 Å². The number of aromatic nitrogens is 3. The fourth-order valence-corrected chi connectivity index (χ4v) is 4.00. The Kier molecular flexibility index (Phi) is 5.85. The third-order valence-electron chi connectivity index (χ3n) is 4.32. The summed E-state index contributed by atoms with van der Waals surface area (Å²) in [4.78, 5) is 4.65. The molecule has 2 aromatic heterocycles. The number of hydrogen-bond donors (Lipinski definition) is 0. The van der Waals surface area contributed by atoms with Crippen molar-refractivity contribution >= 4 is 40.6 Å². The summed E-state index contributed by atoms with van der Waals surface area (Å²) in [5.41, 5.74) is 3.32. The van der Waals surface area contributed by atoms with E-state index in [0.717, 1.165) is 27.7 Å². The van der Waals surface area contributed by atoms with E-state index in [-0.39, 0.29) is 0 Å². The summed E-state index contributed by atoms with van der Waals surface area (Å²) >= 11 is 13.8. The predicted octanol–water partition coefficient (Wildman–Crippen LogP) is 6.01. The second-order valence-electron chi connectivity index (χ2n) is 6.18. The highest BCUT2D eigenvalue weighted by Gasteiger charge is 2.17. The van der Waals surface area contributed by atoms with Gasteiger partial charge in [0.2, 0.25) is 5.88 Å². The smallest absolute Gasteiger partial charge is 0.243 e. The van der Waals surface area contributed by atoms with E-state index in [1.54, 1.807) is 42.6 Å². The lowest BCUT2D eigenvalue weighted by Gasteiger charge is -2.06. The first-order valence-corrected chi connectivity index (χ1v) is 10.5. The number of methoxy groups -OCH3 is 2. The fourth-order valence-electron chi connectivity index (χ4n) is 2.91. The van der Waals surface area contributed by atoms with Gasteiger partial charge in [-0.1, -0.05) is 53.2 Å². The van der Waals surface area contributed by atoms with Crippen LogP contribution in [0.1, 0.15) is 5.56 Å². The Balaban J connectivity index is 1.65. The molecule has 0 N–H and O–H groups in total. The molecule has 148 valence electrons. The lowest BCUT2D eigenvalue weighted by atomic mass is 10.1. The van der Waals surface area contributed by atoms with Gasteiger partial charge in [0.1, 0.15) is 16.5 Å². The summed E-state index contributed by atoms with van der Waals surface area (Å²) < 4.78 is 12.6. The van der Waals surface area contributed by atoms with E-state index in [0.29, 0.717) is 27.3 Å².